The molecule has 4 heteroatoms. The molecule has 0 radical (unpaired) electrons. The van der Waals surface area contributed by atoms with Crippen LogP contribution in [0.1, 0.15) is 56.1 Å². The molecule has 114 valence electrons. The molecule has 0 aliphatic heterocycles. The van der Waals surface area contributed by atoms with E-state index in [9.17, 15) is 9.59 Å². The molecule has 1 heterocycles. The van der Waals surface area contributed by atoms with Crippen molar-refractivity contribution in [1.82, 2.24) is 4.98 Å². The minimum Gasteiger partial charge on any atom is -0.458 e. The summed E-state index contributed by atoms with van der Waals surface area (Å²) >= 11 is 0. The largest absolute Gasteiger partial charge is 0.458 e. The van der Waals surface area contributed by atoms with Crippen molar-refractivity contribution in [3.8, 4) is 0 Å². The first-order valence-electron chi connectivity index (χ1n) is 7.66. The fraction of sp³-hybridized carbons (Fsp3) is 0.647. The summed E-state index contributed by atoms with van der Waals surface area (Å²) in [5.41, 5.74) is 0.685. The number of carbonyl (C=O) groups is 1. The standard InChI is InChI=1S/C17H23NO3/c1-10-5-6-12(14(19)18-10)15(20)21-13-9-11-7-8-17(13,4)16(11,2)3/h5-6,11,13H,7-9H2,1-4H3,(H,18,19). The number of hydrogen-bond donors (Lipinski definition) is 1. The van der Waals surface area contributed by atoms with Crippen molar-refractivity contribution in [1.29, 1.82) is 0 Å². The van der Waals surface area contributed by atoms with E-state index in [0.717, 1.165) is 18.5 Å². The number of nitrogens with one attached hydrogen (secondary N) is 1. The molecule has 3 atom stereocenters. The minimum atomic E-state index is -0.495. The lowest BCUT2D eigenvalue weighted by molar-refractivity contribution is -0.0243. The number of H-pyrrole nitrogens is 1. The quantitative estimate of drug-likeness (QED) is 0.851. The van der Waals surface area contributed by atoms with Crippen LogP contribution in [0.15, 0.2) is 16.9 Å². The zero-order chi connectivity index (χ0) is 15.4. The number of esters is 1. The highest BCUT2D eigenvalue weighted by Gasteiger charge is 2.62. The molecule has 2 saturated carbocycles. The van der Waals surface area contributed by atoms with Gasteiger partial charge in [-0.15, -0.1) is 0 Å². The third-order valence-electron chi connectivity index (χ3n) is 6.24. The summed E-state index contributed by atoms with van der Waals surface area (Å²) in [6.07, 6.45) is 3.13. The van der Waals surface area contributed by atoms with Gasteiger partial charge in [0.25, 0.3) is 5.56 Å². The van der Waals surface area contributed by atoms with Crippen LogP contribution < -0.4 is 5.56 Å². The first-order valence-corrected chi connectivity index (χ1v) is 7.66. The van der Waals surface area contributed by atoms with Crippen molar-refractivity contribution in [2.75, 3.05) is 0 Å². The van der Waals surface area contributed by atoms with Gasteiger partial charge in [0.1, 0.15) is 11.7 Å². The van der Waals surface area contributed by atoms with E-state index in [4.69, 9.17) is 4.74 Å². The summed E-state index contributed by atoms with van der Waals surface area (Å²) in [4.78, 5) is 26.8. The van der Waals surface area contributed by atoms with Gasteiger partial charge in [0.2, 0.25) is 0 Å². The maximum atomic E-state index is 12.3. The molecule has 2 fully saturated rings. The van der Waals surface area contributed by atoms with Crippen molar-refractivity contribution >= 4 is 5.97 Å². The van der Waals surface area contributed by atoms with Crippen molar-refractivity contribution < 1.29 is 9.53 Å². The molecule has 0 amide bonds. The third-order valence-corrected chi connectivity index (χ3v) is 6.24. The Balaban J connectivity index is 1.82. The summed E-state index contributed by atoms with van der Waals surface area (Å²) in [5, 5.41) is 0. The van der Waals surface area contributed by atoms with Crippen LogP contribution in [0.3, 0.4) is 0 Å². The van der Waals surface area contributed by atoms with Gasteiger partial charge in [0, 0.05) is 11.1 Å². The van der Waals surface area contributed by atoms with Gasteiger partial charge in [0.15, 0.2) is 0 Å². The van der Waals surface area contributed by atoms with Gasteiger partial charge in [-0.25, -0.2) is 4.79 Å². The summed E-state index contributed by atoms with van der Waals surface area (Å²) in [6.45, 7) is 8.56. The molecular weight excluding hydrogens is 266 g/mol. The number of aryl methyl sites for hydroxylation is 1. The third kappa shape index (κ3) is 1.95. The van der Waals surface area contributed by atoms with Gasteiger partial charge in [-0.1, -0.05) is 20.8 Å². The maximum Gasteiger partial charge on any atom is 0.344 e. The Hall–Kier alpha value is -1.58. The number of aromatic amines is 1. The Morgan fingerprint density at radius 3 is 2.57 bits per heavy atom. The lowest BCUT2D eigenvalue weighted by atomic mass is 9.70. The number of rotatable bonds is 2. The molecule has 1 N–H and O–H groups in total. The van der Waals surface area contributed by atoms with E-state index in [2.05, 4.69) is 25.8 Å². The molecule has 1 aromatic rings. The SMILES string of the molecule is Cc1ccc(C(=O)OC2CC3CCC2(C)C3(C)C)c(=O)[nH]1. The summed E-state index contributed by atoms with van der Waals surface area (Å²) < 4.78 is 5.73. The second kappa shape index (κ2) is 4.46. The van der Waals surface area contributed by atoms with E-state index >= 15 is 0 Å². The van der Waals surface area contributed by atoms with E-state index in [1.165, 1.54) is 6.42 Å². The predicted molar refractivity (Wildman–Crippen MR) is 80.2 cm³/mol. The number of aromatic nitrogens is 1. The second-order valence-corrected chi connectivity index (χ2v) is 7.39. The number of ether oxygens (including phenoxy) is 1. The van der Waals surface area contributed by atoms with Gasteiger partial charge in [0.05, 0.1) is 0 Å². The lowest BCUT2D eigenvalue weighted by Crippen LogP contribution is -2.39. The number of hydrogen-bond acceptors (Lipinski definition) is 3. The lowest BCUT2D eigenvalue weighted by Gasteiger charge is -2.38. The average Bonchev–Trinajstić information content (AvgIpc) is 2.71. The molecule has 21 heavy (non-hydrogen) atoms. The Morgan fingerprint density at radius 1 is 1.33 bits per heavy atom. The van der Waals surface area contributed by atoms with Crippen molar-refractivity contribution in [3.63, 3.8) is 0 Å². The van der Waals surface area contributed by atoms with Crippen molar-refractivity contribution in [3.05, 3.63) is 33.7 Å². The van der Waals surface area contributed by atoms with Crippen LogP contribution in [0, 0.1) is 23.7 Å². The highest BCUT2D eigenvalue weighted by Crippen LogP contribution is 2.66. The number of fused-ring (bicyclic) bond motifs is 2. The van der Waals surface area contributed by atoms with Crippen molar-refractivity contribution in [2.24, 2.45) is 16.7 Å². The van der Waals surface area contributed by atoms with Gasteiger partial charge in [-0.2, -0.15) is 0 Å². The zero-order valence-corrected chi connectivity index (χ0v) is 13.2. The van der Waals surface area contributed by atoms with Crippen LogP contribution >= 0.6 is 0 Å². The summed E-state index contributed by atoms with van der Waals surface area (Å²) in [5.74, 6) is 0.113. The van der Waals surface area contributed by atoms with Crippen molar-refractivity contribution in [2.45, 2.75) is 53.1 Å². The van der Waals surface area contributed by atoms with Crippen LogP contribution in [0.5, 0.6) is 0 Å². The van der Waals surface area contributed by atoms with E-state index in [0.29, 0.717) is 5.92 Å². The van der Waals surface area contributed by atoms with E-state index in [-0.39, 0.29) is 28.1 Å². The van der Waals surface area contributed by atoms with Gasteiger partial charge >= 0.3 is 5.97 Å². The second-order valence-electron chi connectivity index (χ2n) is 7.39. The molecule has 3 rings (SSSR count). The number of pyridine rings is 1. The van der Waals surface area contributed by atoms with Gasteiger partial charge in [-0.05, 0) is 49.7 Å². The topological polar surface area (TPSA) is 59.2 Å². The van der Waals surface area contributed by atoms with Crippen LogP contribution in [0.4, 0.5) is 0 Å². The molecular formula is C17H23NO3. The summed E-state index contributed by atoms with van der Waals surface area (Å²) in [7, 11) is 0. The molecule has 0 spiro atoms. The van der Waals surface area contributed by atoms with Crippen LogP contribution in [-0.4, -0.2) is 17.1 Å². The average molecular weight is 289 g/mol. The Morgan fingerprint density at radius 2 is 2.05 bits per heavy atom. The first-order chi connectivity index (χ1) is 9.75. The van der Waals surface area contributed by atoms with Crippen LogP contribution in [0.25, 0.3) is 0 Å². The molecule has 2 aliphatic rings. The molecule has 3 unspecified atom stereocenters. The fourth-order valence-electron chi connectivity index (χ4n) is 4.23. The Kier molecular flexibility index (Phi) is 3.05. The predicted octanol–water partition coefficient (Wildman–Crippen LogP) is 3.05. The molecule has 0 saturated heterocycles. The minimum absolute atomic E-state index is 0.0186. The fourth-order valence-corrected chi connectivity index (χ4v) is 4.23. The molecule has 1 aromatic heterocycles. The smallest absolute Gasteiger partial charge is 0.344 e. The zero-order valence-electron chi connectivity index (χ0n) is 13.2. The highest BCUT2D eigenvalue weighted by atomic mass is 16.5. The van der Waals surface area contributed by atoms with E-state index < -0.39 is 5.97 Å². The number of carbonyl (C=O) groups excluding carboxylic acids is 1. The normalized spacial score (nSPS) is 33.1. The van der Waals surface area contributed by atoms with E-state index in [1.54, 1.807) is 19.1 Å². The van der Waals surface area contributed by atoms with Crippen LogP contribution in [-0.2, 0) is 4.74 Å². The Bertz CT molecular complexity index is 646. The van der Waals surface area contributed by atoms with E-state index in [1.807, 2.05) is 0 Å². The Labute approximate surface area is 124 Å². The van der Waals surface area contributed by atoms with Gasteiger partial charge in [-0.3, -0.25) is 4.79 Å². The molecule has 2 bridgehead atoms. The highest BCUT2D eigenvalue weighted by molar-refractivity contribution is 5.89. The molecule has 4 nitrogen and oxygen atoms in total. The maximum absolute atomic E-state index is 12.3. The molecule has 2 aliphatic carbocycles. The monoisotopic (exact) mass is 289 g/mol. The van der Waals surface area contributed by atoms with Gasteiger partial charge < -0.3 is 9.72 Å². The summed E-state index contributed by atoms with van der Waals surface area (Å²) in [6, 6.07) is 3.28. The van der Waals surface area contributed by atoms with Crippen LogP contribution in [0.2, 0.25) is 0 Å². The first kappa shape index (κ1) is 14.4. The molecule has 0 aromatic carbocycles.